The minimum absolute atomic E-state index is 0.129. The van der Waals surface area contributed by atoms with Crippen molar-refractivity contribution in [3.63, 3.8) is 0 Å². The van der Waals surface area contributed by atoms with Gasteiger partial charge in [-0.05, 0) is 50.2 Å². The summed E-state index contributed by atoms with van der Waals surface area (Å²) in [6.45, 7) is 4.00. The zero-order chi connectivity index (χ0) is 23.1. The van der Waals surface area contributed by atoms with E-state index in [4.69, 9.17) is 14.2 Å². The van der Waals surface area contributed by atoms with Crippen LogP contribution in [-0.4, -0.2) is 47.6 Å². The molecule has 0 spiro atoms. The van der Waals surface area contributed by atoms with Crippen molar-refractivity contribution >= 4 is 23.2 Å². The van der Waals surface area contributed by atoms with Crippen LogP contribution in [0, 0.1) is 6.92 Å². The molecule has 2 amide bonds. The van der Waals surface area contributed by atoms with Crippen LogP contribution in [0.15, 0.2) is 42.5 Å². The molecule has 1 aromatic heterocycles. The molecule has 0 radical (unpaired) electrons. The second-order valence-electron chi connectivity index (χ2n) is 6.71. The van der Waals surface area contributed by atoms with Crippen molar-refractivity contribution in [1.82, 2.24) is 15.0 Å². The van der Waals surface area contributed by atoms with Gasteiger partial charge in [-0.3, -0.25) is 9.59 Å². The summed E-state index contributed by atoms with van der Waals surface area (Å²) in [6.07, 6.45) is 0. The second-order valence-corrected chi connectivity index (χ2v) is 6.71. The number of amides is 2. The predicted molar refractivity (Wildman–Crippen MR) is 118 cm³/mol. The van der Waals surface area contributed by atoms with Crippen LogP contribution in [0.1, 0.15) is 23.1 Å². The molecule has 0 saturated carbocycles. The lowest BCUT2D eigenvalue weighted by Gasteiger charge is -2.12. The molecule has 2 aromatic carbocycles. The first-order valence-electron chi connectivity index (χ1n) is 9.91. The van der Waals surface area contributed by atoms with Gasteiger partial charge in [-0.25, -0.2) is 4.68 Å². The number of carbonyl (C=O) groups is 2. The molecule has 168 valence electrons. The monoisotopic (exact) mass is 439 g/mol. The molecule has 32 heavy (non-hydrogen) atoms. The first-order valence-corrected chi connectivity index (χ1v) is 9.91. The van der Waals surface area contributed by atoms with Gasteiger partial charge in [0.05, 0.1) is 32.2 Å². The van der Waals surface area contributed by atoms with Crippen molar-refractivity contribution in [3.05, 3.63) is 53.9 Å². The van der Waals surface area contributed by atoms with Crippen LogP contribution in [0.2, 0.25) is 0 Å². The van der Waals surface area contributed by atoms with Crippen molar-refractivity contribution in [2.75, 3.05) is 31.5 Å². The largest absolute Gasteiger partial charge is 0.497 e. The van der Waals surface area contributed by atoms with E-state index in [1.807, 2.05) is 6.92 Å². The number of ether oxygens (including phenoxy) is 3. The molecular formula is C22H25N5O5. The molecule has 0 saturated heterocycles. The topological polar surface area (TPSA) is 117 Å². The highest BCUT2D eigenvalue weighted by Crippen LogP contribution is 2.28. The summed E-state index contributed by atoms with van der Waals surface area (Å²) in [5.74, 6) is 0.998. The average molecular weight is 439 g/mol. The molecule has 0 fully saturated rings. The van der Waals surface area contributed by atoms with Gasteiger partial charge in [0, 0.05) is 11.8 Å². The smallest absolute Gasteiger partial charge is 0.278 e. The molecule has 0 aliphatic heterocycles. The van der Waals surface area contributed by atoms with E-state index in [9.17, 15) is 9.59 Å². The summed E-state index contributed by atoms with van der Waals surface area (Å²) in [4.78, 5) is 25.1. The number of rotatable bonds is 9. The van der Waals surface area contributed by atoms with E-state index in [1.165, 1.54) is 18.9 Å². The number of nitrogens with zero attached hydrogens (tertiary/aromatic N) is 3. The van der Waals surface area contributed by atoms with Crippen LogP contribution in [0.25, 0.3) is 0 Å². The van der Waals surface area contributed by atoms with Crippen molar-refractivity contribution in [2.24, 2.45) is 0 Å². The highest BCUT2D eigenvalue weighted by atomic mass is 16.5. The number of anilines is 2. The first-order chi connectivity index (χ1) is 15.4. The Labute approximate surface area is 185 Å². The molecule has 3 aromatic rings. The van der Waals surface area contributed by atoms with Gasteiger partial charge in [-0.1, -0.05) is 5.21 Å². The minimum atomic E-state index is -0.423. The minimum Gasteiger partial charge on any atom is -0.497 e. The summed E-state index contributed by atoms with van der Waals surface area (Å²) < 4.78 is 17.2. The van der Waals surface area contributed by atoms with Crippen LogP contribution in [0.4, 0.5) is 11.4 Å². The Morgan fingerprint density at radius 2 is 1.72 bits per heavy atom. The summed E-state index contributed by atoms with van der Waals surface area (Å²) in [5.41, 5.74) is 1.64. The summed E-state index contributed by atoms with van der Waals surface area (Å²) in [5, 5.41) is 13.4. The fourth-order valence-corrected chi connectivity index (χ4v) is 2.95. The maximum absolute atomic E-state index is 12.6. The van der Waals surface area contributed by atoms with Gasteiger partial charge in [-0.2, -0.15) is 0 Å². The van der Waals surface area contributed by atoms with E-state index in [-0.39, 0.29) is 18.1 Å². The Morgan fingerprint density at radius 3 is 2.38 bits per heavy atom. The normalized spacial score (nSPS) is 10.4. The maximum Gasteiger partial charge on any atom is 0.278 e. The van der Waals surface area contributed by atoms with Gasteiger partial charge >= 0.3 is 0 Å². The molecule has 0 unspecified atom stereocenters. The lowest BCUT2D eigenvalue weighted by atomic mass is 10.2. The SMILES string of the molecule is CCOc1ccc(NC(=O)c2nnn(CC(=O)Nc3cc(OC)ccc3OC)c2C)cc1. The number of hydrogen-bond donors (Lipinski definition) is 2. The molecular weight excluding hydrogens is 414 g/mol. The number of nitrogens with one attached hydrogen (secondary N) is 2. The number of benzene rings is 2. The summed E-state index contributed by atoms with van der Waals surface area (Å²) >= 11 is 0. The van der Waals surface area contributed by atoms with Crippen LogP contribution < -0.4 is 24.8 Å². The van der Waals surface area contributed by atoms with Crippen LogP contribution >= 0.6 is 0 Å². The van der Waals surface area contributed by atoms with Gasteiger partial charge < -0.3 is 24.8 Å². The van der Waals surface area contributed by atoms with Crippen LogP contribution in [0.5, 0.6) is 17.2 Å². The molecule has 0 bridgehead atoms. The Kier molecular flexibility index (Phi) is 7.27. The number of hydrogen-bond acceptors (Lipinski definition) is 7. The van der Waals surface area contributed by atoms with E-state index >= 15 is 0 Å². The number of carbonyl (C=O) groups excluding carboxylic acids is 2. The van der Waals surface area contributed by atoms with Crippen molar-refractivity contribution in [1.29, 1.82) is 0 Å². The van der Waals surface area contributed by atoms with E-state index in [0.29, 0.717) is 40.9 Å². The van der Waals surface area contributed by atoms with Gasteiger partial charge in [0.2, 0.25) is 5.91 Å². The van der Waals surface area contributed by atoms with Crippen LogP contribution in [-0.2, 0) is 11.3 Å². The molecule has 0 aliphatic carbocycles. The standard InChI is InChI=1S/C22H25N5O5/c1-5-32-16-8-6-15(7-9-16)23-22(29)21-14(2)27(26-25-21)13-20(28)24-18-12-17(30-3)10-11-19(18)31-4/h6-12H,5,13H2,1-4H3,(H,23,29)(H,24,28). The quantitative estimate of drug-likeness (QED) is 0.526. The van der Waals surface area contributed by atoms with E-state index in [0.717, 1.165) is 0 Å². The fraction of sp³-hybridized carbons (Fsp3) is 0.273. The average Bonchev–Trinajstić information content (AvgIpc) is 3.15. The number of aromatic nitrogens is 3. The van der Waals surface area contributed by atoms with Gasteiger partial charge in [0.1, 0.15) is 23.8 Å². The highest BCUT2D eigenvalue weighted by Gasteiger charge is 2.19. The number of methoxy groups -OCH3 is 2. The van der Waals surface area contributed by atoms with E-state index in [2.05, 4.69) is 20.9 Å². The Hall–Kier alpha value is -4.08. The third kappa shape index (κ3) is 5.34. The predicted octanol–water partition coefficient (Wildman–Crippen LogP) is 2.89. The summed E-state index contributed by atoms with van der Waals surface area (Å²) in [6, 6.07) is 12.1. The van der Waals surface area contributed by atoms with Crippen molar-refractivity contribution < 1.29 is 23.8 Å². The molecule has 10 heteroatoms. The Bertz CT molecular complexity index is 1090. The van der Waals surface area contributed by atoms with Gasteiger partial charge in [-0.15, -0.1) is 5.10 Å². The fourth-order valence-electron chi connectivity index (χ4n) is 2.95. The Morgan fingerprint density at radius 1 is 1.00 bits per heavy atom. The molecule has 0 aliphatic rings. The molecule has 3 rings (SSSR count). The lowest BCUT2D eigenvalue weighted by Crippen LogP contribution is -2.21. The highest BCUT2D eigenvalue weighted by molar-refractivity contribution is 6.03. The van der Waals surface area contributed by atoms with Gasteiger partial charge in [0.15, 0.2) is 5.69 Å². The van der Waals surface area contributed by atoms with Gasteiger partial charge in [0.25, 0.3) is 5.91 Å². The summed E-state index contributed by atoms with van der Waals surface area (Å²) in [7, 11) is 3.04. The molecule has 10 nitrogen and oxygen atoms in total. The third-order valence-electron chi connectivity index (χ3n) is 4.59. The van der Waals surface area contributed by atoms with E-state index in [1.54, 1.807) is 49.4 Å². The van der Waals surface area contributed by atoms with Crippen LogP contribution in [0.3, 0.4) is 0 Å². The molecule has 1 heterocycles. The third-order valence-corrected chi connectivity index (χ3v) is 4.59. The zero-order valence-corrected chi connectivity index (χ0v) is 18.3. The van der Waals surface area contributed by atoms with Crippen molar-refractivity contribution in [2.45, 2.75) is 20.4 Å². The second kappa shape index (κ2) is 10.3. The van der Waals surface area contributed by atoms with Crippen molar-refractivity contribution in [3.8, 4) is 17.2 Å². The maximum atomic E-state index is 12.6. The zero-order valence-electron chi connectivity index (χ0n) is 18.3. The van der Waals surface area contributed by atoms with E-state index < -0.39 is 5.91 Å². The lowest BCUT2D eigenvalue weighted by molar-refractivity contribution is -0.117. The first kappa shape index (κ1) is 22.6. The Balaban J connectivity index is 1.66. The molecule has 0 atom stereocenters. The molecule has 2 N–H and O–H groups in total.